The van der Waals surface area contributed by atoms with Crippen molar-refractivity contribution in [1.29, 1.82) is 0 Å². The van der Waals surface area contributed by atoms with Crippen molar-refractivity contribution in [3.8, 4) is 0 Å². The third kappa shape index (κ3) is 17.6. The third-order valence-corrected chi connectivity index (χ3v) is 1.58. The summed E-state index contributed by atoms with van der Waals surface area (Å²) in [7, 11) is 1.93. The lowest BCUT2D eigenvalue weighted by Crippen LogP contribution is -2.10. The highest BCUT2D eigenvalue weighted by molar-refractivity contribution is 5.48. The van der Waals surface area contributed by atoms with Gasteiger partial charge in [-0.1, -0.05) is 13.8 Å². The average Bonchev–Trinajstić information content (AvgIpc) is 2.25. The molecule has 0 saturated heterocycles. The number of carbonyl (C=O) groups excluding carboxylic acids is 1. The second-order valence-electron chi connectivity index (χ2n) is 2.73. The molecule has 0 aromatic heterocycles. The van der Waals surface area contributed by atoms with Crippen molar-refractivity contribution in [3.63, 3.8) is 0 Å². The number of hydrogen-bond acceptors (Lipinski definition) is 3. The standard InChI is InChI=1S/C9H19NO2.C2H6/c1-10-6-5-9-12-8-4-2-3-7-11;1-2/h7,10H,2-6,8-9H2,1H3;1-2H3. The number of ether oxygens (including phenoxy) is 1. The molecule has 1 N–H and O–H groups in total. The summed E-state index contributed by atoms with van der Waals surface area (Å²) in [5.74, 6) is 0. The van der Waals surface area contributed by atoms with Crippen LogP contribution < -0.4 is 5.32 Å². The quantitative estimate of drug-likeness (QED) is 0.460. The van der Waals surface area contributed by atoms with E-state index in [0.29, 0.717) is 6.42 Å². The molecule has 0 spiro atoms. The number of hydrogen-bond donors (Lipinski definition) is 1. The molecule has 0 radical (unpaired) electrons. The van der Waals surface area contributed by atoms with Crippen LogP contribution in [0.1, 0.15) is 39.5 Å². The van der Waals surface area contributed by atoms with E-state index in [4.69, 9.17) is 4.74 Å². The predicted molar refractivity (Wildman–Crippen MR) is 60.6 cm³/mol. The van der Waals surface area contributed by atoms with Crippen molar-refractivity contribution in [2.45, 2.75) is 39.5 Å². The van der Waals surface area contributed by atoms with E-state index in [9.17, 15) is 4.79 Å². The molecule has 0 amide bonds. The molecule has 0 saturated carbocycles. The van der Waals surface area contributed by atoms with E-state index in [2.05, 4.69) is 5.32 Å². The highest BCUT2D eigenvalue weighted by Crippen LogP contribution is 1.93. The fourth-order valence-electron chi connectivity index (χ4n) is 0.885. The van der Waals surface area contributed by atoms with Crippen LogP contribution in [0.15, 0.2) is 0 Å². The molecule has 0 aliphatic rings. The zero-order valence-corrected chi connectivity index (χ0v) is 9.84. The summed E-state index contributed by atoms with van der Waals surface area (Å²) in [5.41, 5.74) is 0. The first kappa shape index (κ1) is 16.0. The van der Waals surface area contributed by atoms with E-state index in [1.165, 1.54) is 0 Å². The summed E-state index contributed by atoms with van der Waals surface area (Å²) in [6, 6.07) is 0. The zero-order valence-electron chi connectivity index (χ0n) is 9.84. The fraction of sp³-hybridized carbons (Fsp3) is 0.909. The SMILES string of the molecule is CC.CNCCCOCCCCC=O. The fourth-order valence-corrected chi connectivity index (χ4v) is 0.885. The second-order valence-corrected chi connectivity index (χ2v) is 2.73. The van der Waals surface area contributed by atoms with Crippen LogP contribution in [0.3, 0.4) is 0 Å². The molecule has 14 heavy (non-hydrogen) atoms. The van der Waals surface area contributed by atoms with E-state index in [1.54, 1.807) is 0 Å². The molecule has 3 heteroatoms. The molecule has 86 valence electrons. The molecule has 0 atom stereocenters. The Morgan fingerprint density at radius 3 is 2.36 bits per heavy atom. The zero-order chi connectivity index (χ0) is 11.1. The predicted octanol–water partition coefficient (Wildman–Crippen LogP) is 2.01. The molecular formula is C11H25NO2. The van der Waals surface area contributed by atoms with E-state index in [1.807, 2.05) is 20.9 Å². The van der Waals surface area contributed by atoms with Crippen LogP contribution in [-0.2, 0) is 9.53 Å². The van der Waals surface area contributed by atoms with Gasteiger partial charge in [-0.25, -0.2) is 0 Å². The number of nitrogens with one attached hydrogen (secondary N) is 1. The number of aldehydes is 1. The van der Waals surface area contributed by atoms with Crippen molar-refractivity contribution < 1.29 is 9.53 Å². The molecule has 0 heterocycles. The van der Waals surface area contributed by atoms with Gasteiger partial charge in [0, 0.05) is 19.6 Å². The van der Waals surface area contributed by atoms with E-state index in [0.717, 1.165) is 45.3 Å². The highest BCUT2D eigenvalue weighted by atomic mass is 16.5. The lowest BCUT2D eigenvalue weighted by Gasteiger charge is -2.02. The number of carbonyl (C=O) groups is 1. The largest absolute Gasteiger partial charge is 0.381 e. The maximum Gasteiger partial charge on any atom is 0.119 e. The molecule has 3 nitrogen and oxygen atoms in total. The van der Waals surface area contributed by atoms with E-state index < -0.39 is 0 Å². The minimum atomic E-state index is 0.667. The van der Waals surface area contributed by atoms with Crippen molar-refractivity contribution >= 4 is 6.29 Å². The van der Waals surface area contributed by atoms with Gasteiger partial charge < -0.3 is 14.8 Å². The summed E-state index contributed by atoms with van der Waals surface area (Å²) in [6.45, 7) is 6.62. The molecule has 0 aromatic carbocycles. The normalized spacial score (nSPS) is 9.07. The molecule has 0 aliphatic heterocycles. The Balaban J connectivity index is 0. The van der Waals surface area contributed by atoms with Crippen molar-refractivity contribution in [3.05, 3.63) is 0 Å². The van der Waals surface area contributed by atoms with Crippen molar-refractivity contribution in [2.24, 2.45) is 0 Å². The topological polar surface area (TPSA) is 38.3 Å². The summed E-state index contributed by atoms with van der Waals surface area (Å²) in [4.78, 5) is 9.93. The summed E-state index contributed by atoms with van der Waals surface area (Å²) < 4.78 is 5.33. The second kappa shape index (κ2) is 18.4. The minimum absolute atomic E-state index is 0.667. The smallest absolute Gasteiger partial charge is 0.119 e. The van der Waals surface area contributed by atoms with Crippen LogP contribution in [0.25, 0.3) is 0 Å². The van der Waals surface area contributed by atoms with Gasteiger partial charge >= 0.3 is 0 Å². The molecule has 0 bridgehead atoms. The Morgan fingerprint density at radius 1 is 1.14 bits per heavy atom. The van der Waals surface area contributed by atoms with Gasteiger partial charge in [-0.05, 0) is 32.9 Å². The Bertz CT molecular complexity index is 97.3. The van der Waals surface area contributed by atoms with Crippen LogP contribution in [0.5, 0.6) is 0 Å². The molecule has 0 unspecified atom stereocenters. The lowest BCUT2D eigenvalue weighted by molar-refractivity contribution is -0.108. The Kier molecular flexibility index (Phi) is 21.1. The van der Waals surface area contributed by atoms with Gasteiger partial charge in [0.1, 0.15) is 6.29 Å². The van der Waals surface area contributed by atoms with Crippen LogP contribution in [-0.4, -0.2) is 33.1 Å². The van der Waals surface area contributed by atoms with Gasteiger partial charge in [-0.15, -0.1) is 0 Å². The van der Waals surface area contributed by atoms with E-state index in [-0.39, 0.29) is 0 Å². The average molecular weight is 203 g/mol. The first-order chi connectivity index (χ1) is 6.91. The van der Waals surface area contributed by atoms with Gasteiger partial charge in [0.15, 0.2) is 0 Å². The maximum absolute atomic E-state index is 9.93. The molecule has 0 rings (SSSR count). The number of unbranched alkanes of at least 4 members (excludes halogenated alkanes) is 2. The first-order valence-corrected chi connectivity index (χ1v) is 5.57. The minimum Gasteiger partial charge on any atom is -0.381 e. The lowest BCUT2D eigenvalue weighted by atomic mass is 10.3. The summed E-state index contributed by atoms with van der Waals surface area (Å²) in [5, 5.41) is 3.05. The Morgan fingerprint density at radius 2 is 1.79 bits per heavy atom. The van der Waals surface area contributed by atoms with Crippen LogP contribution in [0, 0.1) is 0 Å². The number of rotatable bonds is 9. The Hall–Kier alpha value is -0.410. The summed E-state index contributed by atoms with van der Waals surface area (Å²) >= 11 is 0. The van der Waals surface area contributed by atoms with Gasteiger partial charge in [0.25, 0.3) is 0 Å². The van der Waals surface area contributed by atoms with Crippen molar-refractivity contribution in [1.82, 2.24) is 5.32 Å². The first-order valence-electron chi connectivity index (χ1n) is 5.57. The van der Waals surface area contributed by atoms with Gasteiger partial charge in [0.05, 0.1) is 0 Å². The van der Waals surface area contributed by atoms with Crippen LogP contribution >= 0.6 is 0 Å². The van der Waals surface area contributed by atoms with E-state index >= 15 is 0 Å². The van der Waals surface area contributed by atoms with Gasteiger partial charge in [-0.3, -0.25) is 0 Å². The van der Waals surface area contributed by atoms with Crippen LogP contribution in [0.4, 0.5) is 0 Å². The van der Waals surface area contributed by atoms with Gasteiger partial charge in [-0.2, -0.15) is 0 Å². The van der Waals surface area contributed by atoms with Crippen LogP contribution in [0.2, 0.25) is 0 Å². The van der Waals surface area contributed by atoms with Crippen molar-refractivity contribution in [2.75, 3.05) is 26.8 Å². The molecule has 0 fully saturated rings. The molecule has 0 aromatic rings. The highest BCUT2D eigenvalue weighted by Gasteiger charge is 1.89. The molecular weight excluding hydrogens is 178 g/mol. The summed E-state index contributed by atoms with van der Waals surface area (Å²) in [6.07, 6.45) is 4.64. The Labute approximate surface area is 88.2 Å². The third-order valence-electron chi connectivity index (χ3n) is 1.58. The maximum atomic E-state index is 9.93. The molecule has 0 aliphatic carbocycles. The monoisotopic (exact) mass is 203 g/mol. The van der Waals surface area contributed by atoms with Gasteiger partial charge in [0.2, 0.25) is 0 Å².